The monoisotopic (exact) mass is 622 g/mol. The Hall–Kier alpha value is -4.82. The van der Waals surface area contributed by atoms with Gasteiger partial charge in [0.25, 0.3) is 5.91 Å². The van der Waals surface area contributed by atoms with Crippen LogP contribution in [0.5, 0.6) is 0 Å². The van der Waals surface area contributed by atoms with E-state index in [-0.39, 0.29) is 43.5 Å². The number of esters is 2. The summed E-state index contributed by atoms with van der Waals surface area (Å²) in [5.41, 5.74) is 6.14. The zero-order valence-corrected chi connectivity index (χ0v) is 25.3. The molecule has 13 nitrogen and oxygen atoms in total. The highest BCUT2D eigenvalue weighted by Gasteiger charge is 2.20. The molecule has 0 atom stereocenters. The van der Waals surface area contributed by atoms with Crippen molar-refractivity contribution in [2.75, 3.05) is 37.9 Å². The van der Waals surface area contributed by atoms with Crippen LogP contribution in [0.2, 0.25) is 0 Å². The highest BCUT2D eigenvalue weighted by atomic mass is 17.1. The minimum absolute atomic E-state index is 0.0646. The lowest BCUT2D eigenvalue weighted by Gasteiger charge is -2.14. The molecule has 0 saturated carbocycles. The van der Waals surface area contributed by atoms with E-state index >= 15 is 0 Å². The molecule has 0 saturated heterocycles. The quantitative estimate of drug-likeness (QED) is 0.0663. The van der Waals surface area contributed by atoms with Gasteiger partial charge in [0, 0.05) is 25.5 Å². The standard InChI is InChI=1S/C32H36N3O10/c1-19(2)32(40)43-10-9-42-29(36)13-20-11-25(33-3)16-26(12-20)35-30(37)28-15-22(7-8-27(28)31(38)39)21-5-6-23(18-45-41)24(14-21)17-44-34-4/h5-8,11-16,19,33-34,41H,9-10,17-18H2,1-4H3,(H,35,37)(H,38,39). The van der Waals surface area contributed by atoms with Gasteiger partial charge in [-0.3, -0.25) is 24.5 Å². The largest absolute Gasteiger partial charge is 0.478 e. The van der Waals surface area contributed by atoms with Crippen LogP contribution in [-0.2, 0) is 42.0 Å². The normalized spacial score (nSPS) is 10.8. The van der Waals surface area contributed by atoms with Gasteiger partial charge in [0.1, 0.15) is 19.8 Å². The fourth-order valence-electron chi connectivity index (χ4n) is 4.18. The second-order valence-electron chi connectivity index (χ2n) is 10.00. The Morgan fingerprint density at radius 3 is 2.18 bits per heavy atom. The van der Waals surface area contributed by atoms with Crippen LogP contribution >= 0.6 is 0 Å². The average molecular weight is 623 g/mol. The Labute approximate surface area is 260 Å². The molecule has 0 heterocycles. The van der Waals surface area contributed by atoms with E-state index in [0.29, 0.717) is 39.2 Å². The molecule has 13 heteroatoms. The minimum Gasteiger partial charge on any atom is -0.478 e. The minimum atomic E-state index is -1.29. The second kappa shape index (κ2) is 16.9. The van der Waals surface area contributed by atoms with Gasteiger partial charge in [0.05, 0.1) is 30.1 Å². The van der Waals surface area contributed by atoms with Crippen LogP contribution in [0.4, 0.5) is 11.4 Å². The number of hydroxylamine groups is 1. The Balaban J connectivity index is 1.83. The second-order valence-corrected chi connectivity index (χ2v) is 10.00. The van der Waals surface area contributed by atoms with E-state index in [0.717, 1.165) is 0 Å². The Kier molecular flexibility index (Phi) is 13.0. The van der Waals surface area contributed by atoms with Crippen molar-refractivity contribution in [2.24, 2.45) is 5.92 Å². The molecule has 0 aliphatic heterocycles. The van der Waals surface area contributed by atoms with Gasteiger partial charge in [-0.1, -0.05) is 32.0 Å². The third-order valence-corrected chi connectivity index (χ3v) is 6.46. The van der Waals surface area contributed by atoms with E-state index in [4.69, 9.17) is 19.6 Å². The van der Waals surface area contributed by atoms with Crippen LogP contribution in [0, 0.1) is 12.3 Å². The zero-order valence-electron chi connectivity index (χ0n) is 25.3. The first kappa shape index (κ1) is 34.7. The molecule has 0 spiro atoms. The number of ether oxygens (including phenoxy) is 2. The molecule has 1 amide bonds. The van der Waals surface area contributed by atoms with Crippen LogP contribution in [0.3, 0.4) is 0 Å². The topological polar surface area (TPSA) is 182 Å². The zero-order chi connectivity index (χ0) is 32.9. The van der Waals surface area contributed by atoms with Crippen molar-refractivity contribution in [3.63, 3.8) is 0 Å². The van der Waals surface area contributed by atoms with Gasteiger partial charge in [-0.2, -0.15) is 0 Å². The smallest absolute Gasteiger partial charge is 0.336 e. The molecular formula is C32H36N3O10. The van der Waals surface area contributed by atoms with Crippen molar-refractivity contribution in [3.05, 3.63) is 88.8 Å². The Morgan fingerprint density at radius 2 is 1.51 bits per heavy atom. The first-order valence-electron chi connectivity index (χ1n) is 13.9. The third kappa shape index (κ3) is 10.1. The predicted molar refractivity (Wildman–Crippen MR) is 164 cm³/mol. The van der Waals surface area contributed by atoms with Gasteiger partial charge in [-0.25, -0.2) is 15.2 Å². The summed E-state index contributed by atoms with van der Waals surface area (Å²) in [5, 5.41) is 24.4. The van der Waals surface area contributed by atoms with E-state index < -0.39 is 23.8 Å². The molecule has 3 aromatic rings. The Morgan fingerprint density at radius 1 is 0.822 bits per heavy atom. The predicted octanol–water partition coefficient (Wildman–Crippen LogP) is 4.28. The summed E-state index contributed by atoms with van der Waals surface area (Å²) in [7, 11) is 3.27. The van der Waals surface area contributed by atoms with Gasteiger partial charge in [-0.15, -0.1) is 0 Å². The number of anilines is 2. The molecule has 0 aliphatic carbocycles. The van der Waals surface area contributed by atoms with Crippen LogP contribution < -0.4 is 16.1 Å². The SMILES string of the molecule is CNOCc1cc(-c2ccc(C(=O)O)c(C(=O)Nc3cc([CH]C(=O)OCCOC(=O)C(C)C)cc(NC)c3)c2)ccc1COO. The number of hydrogen-bond acceptors (Lipinski definition) is 11. The fourth-order valence-corrected chi connectivity index (χ4v) is 4.18. The molecule has 45 heavy (non-hydrogen) atoms. The number of carbonyl (C=O) groups excluding carboxylic acids is 3. The molecule has 0 unspecified atom stereocenters. The van der Waals surface area contributed by atoms with Crippen LogP contribution in [0.15, 0.2) is 54.6 Å². The number of amides is 1. The first-order valence-corrected chi connectivity index (χ1v) is 13.9. The molecule has 0 fully saturated rings. The number of carboxylic acid groups (broad SMARTS) is 1. The maximum atomic E-state index is 13.5. The summed E-state index contributed by atoms with van der Waals surface area (Å²) in [5.74, 6) is -3.35. The van der Waals surface area contributed by atoms with E-state index in [2.05, 4.69) is 21.0 Å². The van der Waals surface area contributed by atoms with Crippen molar-refractivity contribution in [2.45, 2.75) is 27.1 Å². The molecule has 0 bridgehead atoms. The maximum Gasteiger partial charge on any atom is 0.336 e. The molecule has 5 N–H and O–H groups in total. The van der Waals surface area contributed by atoms with E-state index in [1.54, 1.807) is 64.3 Å². The molecule has 3 rings (SSSR count). The molecular weight excluding hydrogens is 586 g/mol. The lowest BCUT2D eigenvalue weighted by atomic mass is 9.95. The van der Waals surface area contributed by atoms with Crippen molar-refractivity contribution < 1.29 is 48.7 Å². The summed E-state index contributed by atoms with van der Waals surface area (Å²) in [6.45, 7) is 3.28. The van der Waals surface area contributed by atoms with Gasteiger partial charge in [0.2, 0.25) is 0 Å². The number of nitrogens with one attached hydrogen (secondary N) is 3. The van der Waals surface area contributed by atoms with Crippen molar-refractivity contribution in [3.8, 4) is 11.1 Å². The fraction of sp³-hybridized carbons (Fsp3) is 0.281. The lowest BCUT2D eigenvalue weighted by molar-refractivity contribution is -0.253. The average Bonchev–Trinajstić information content (AvgIpc) is 3.01. The number of benzene rings is 3. The van der Waals surface area contributed by atoms with Crippen LogP contribution in [-0.4, -0.2) is 61.5 Å². The van der Waals surface area contributed by atoms with E-state index in [1.165, 1.54) is 24.6 Å². The van der Waals surface area contributed by atoms with Crippen molar-refractivity contribution in [1.82, 2.24) is 5.48 Å². The summed E-state index contributed by atoms with van der Waals surface area (Å²) < 4.78 is 10.1. The molecule has 0 aromatic heterocycles. The number of carbonyl (C=O) groups is 4. The molecule has 3 aromatic carbocycles. The highest BCUT2D eigenvalue weighted by Crippen LogP contribution is 2.28. The van der Waals surface area contributed by atoms with Gasteiger partial charge in [-0.05, 0) is 64.2 Å². The summed E-state index contributed by atoms with van der Waals surface area (Å²) in [6.07, 6.45) is 1.21. The van der Waals surface area contributed by atoms with Crippen LogP contribution in [0.25, 0.3) is 11.1 Å². The molecule has 239 valence electrons. The lowest BCUT2D eigenvalue weighted by Crippen LogP contribution is -2.18. The van der Waals surface area contributed by atoms with E-state index in [1.807, 2.05) is 0 Å². The molecule has 1 radical (unpaired) electrons. The number of hydrogen-bond donors (Lipinski definition) is 5. The molecule has 0 aliphatic rings. The van der Waals surface area contributed by atoms with Crippen molar-refractivity contribution >= 4 is 35.2 Å². The maximum absolute atomic E-state index is 13.5. The summed E-state index contributed by atoms with van der Waals surface area (Å²) in [6, 6.07) is 14.5. The Bertz CT molecular complexity index is 1520. The summed E-state index contributed by atoms with van der Waals surface area (Å²) >= 11 is 0. The number of carboxylic acids is 1. The third-order valence-electron chi connectivity index (χ3n) is 6.46. The van der Waals surface area contributed by atoms with Gasteiger partial charge >= 0.3 is 17.9 Å². The van der Waals surface area contributed by atoms with Crippen LogP contribution in [0.1, 0.15) is 51.3 Å². The first-order chi connectivity index (χ1) is 21.6. The number of rotatable bonds is 16. The van der Waals surface area contributed by atoms with E-state index in [9.17, 15) is 24.3 Å². The summed E-state index contributed by atoms with van der Waals surface area (Å²) in [4.78, 5) is 59.0. The van der Waals surface area contributed by atoms with Crippen molar-refractivity contribution in [1.29, 1.82) is 0 Å². The van der Waals surface area contributed by atoms with Gasteiger partial charge < -0.3 is 25.2 Å². The highest BCUT2D eigenvalue weighted by molar-refractivity contribution is 6.11. The number of aromatic carboxylic acids is 1. The van der Waals surface area contributed by atoms with Gasteiger partial charge in [0.15, 0.2) is 0 Å².